The highest BCUT2D eigenvalue weighted by molar-refractivity contribution is 5.89. The summed E-state index contributed by atoms with van der Waals surface area (Å²) in [6.07, 6.45) is 13.3. The maximum absolute atomic E-state index is 5.44. The molecule has 0 amide bonds. The van der Waals surface area contributed by atoms with E-state index in [2.05, 4.69) is 41.5 Å². The lowest BCUT2D eigenvalue weighted by atomic mass is 9.86. The first-order chi connectivity index (χ1) is 12.8. The number of aryl methyl sites for hydroxylation is 1. The predicted octanol–water partition coefficient (Wildman–Crippen LogP) is 4.13. The quantitative estimate of drug-likeness (QED) is 0.853. The number of nitrogens with one attached hydrogen (secondary N) is 1. The molecular weight excluding hydrogens is 324 g/mol. The normalized spacial score (nSPS) is 24.1. The van der Waals surface area contributed by atoms with Crippen molar-refractivity contribution in [1.29, 1.82) is 0 Å². The summed E-state index contributed by atoms with van der Waals surface area (Å²) in [5, 5.41) is 4.37. The van der Waals surface area contributed by atoms with Crippen molar-refractivity contribution in [2.45, 2.75) is 32.4 Å². The Morgan fingerprint density at radius 1 is 1.15 bits per heavy atom. The molecule has 1 aliphatic heterocycles. The molecule has 0 radical (unpaired) electrons. The average Bonchev–Trinajstić information content (AvgIpc) is 3.16. The highest BCUT2D eigenvalue weighted by atomic mass is 16.5. The monoisotopic (exact) mass is 348 g/mol. The van der Waals surface area contributed by atoms with Crippen molar-refractivity contribution in [1.82, 2.24) is 9.97 Å². The van der Waals surface area contributed by atoms with Gasteiger partial charge in [-0.3, -0.25) is 4.99 Å². The minimum absolute atomic E-state index is 0.152. The topological polar surface area (TPSA) is 59.4 Å². The van der Waals surface area contributed by atoms with E-state index >= 15 is 0 Å². The summed E-state index contributed by atoms with van der Waals surface area (Å²) in [6.45, 7) is 2.88. The first kappa shape index (κ1) is 16.8. The van der Waals surface area contributed by atoms with Crippen LogP contribution >= 0.6 is 0 Å². The van der Waals surface area contributed by atoms with Gasteiger partial charge in [-0.25, -0.2) is 9.97 Å². The van der Waals surface area contributed by atoms with Crippen molar-refractivity contribution in [3.05, 3.63) is 54.4 Å². The van der Waals surface area contributed by atoms with Crippen molar-refractivity contribution in [3.8, 4) is 0 Å². The second-order valence-electron chi connectivity index (χ2n) is 6.93. The number of benzene rings is 1. The van der Waals surface area contributed by atoms with E-state index < -0.39 is 0 Å². The molecule has 2 aliphatic rings. The lowest BCUT2D eigenvalue weighted by Gasteiger charge is -2.20. The second kappa shape index (κ2) is 7.68. The van der Waals surface area contributed by atoms with Crippen LogP contribution in [0.5, 0.6) is 0 Å². The van der Waals surface area contributed by atoms with Crippen LogP contribution in [0.25, 0.3) is 10.9 Å². The Morgan fingerprint density at radius 2 is 2.04 bits per heavy atom. The van der Waals surface area contributed by atoms with Gasteiger partial charge in [-0.2, -0.15) is 0 Å². The molecule has 0 saturated carbocycles. The fraction of sp³-hybridized carbons (Fsp3) is 0.381. The lowest BCUT2D eigenvalue weighted by Crippen LogP contribution is -2.23. The molecular formula is C21H24N4O. The van der Waals surface area contributed by atoms with E-state index in [1.807, 2.05) is 24.3 Å². The molecule has 2 aromatic rings. The Balaban J connectivity index is 1.47. The largest absolute Gasteiger partial charge is 0.459 e. The zero-order chi connectivity index (χ0) is 17.8. The van der Waals surface area contributed by atoms with Crippen LogP contribution in [0.15, 0.2) is 53.6 Å². The Labute approximate surface area is 153 Å². The van der Waals surface area contributed by atoms with Gasteiger partial charge in [-0.15, -0.1) is 0 Å². The molecule has 0 spiro atoms. The van der Waals surface area contributed by atoms with Gasteiger partial charge in [0.2, 0.25) is 0 Å². The molecule has 0 bridgehead atoms. The number of nitrogens with zero attached hydrogens (tertiary/aromatic N) is 3. The Morgan fingerprint density at radius 3 is 2.88 bits per heavy atom. The first-order valence-corrected chi connectivity index (χ1v) is 9.30. The van der Waals surface area contributed by atoms with Gasteiger partial charge < -0.3 is 10.1 Å². The van der Waals surface area contributed by atoms with Crippen molar-refractivity contribution in [3.63, 3.8) is 0 Å². The SMILES string of the molecule is CC1C=CC=CC1CCCc1nc(NC2CN=CO2)c2ccccc2n1. The van der Waals surface area contributed by atoms with Crippen LogP contribution in [0.2, 0.25) is 0 Å². The van der Waals surface area contributed by atoms with Gasteiger partial charge in [0.1, 0.15) is 11.6 Å². The summed E-state index contributed by atoms with van der Waals surface area (Å²) < 4.78 is 5.44. The number of para-hydroxylation sites is 1. The van der Waals surface area contributed by atoms with E-state index in [-0.39, 0.29) is 6.23 Å². The number of fused-ring (bicyclic) bond motifs is 1. The third kappa shape index (κ3) is 3.77. The van der Waals surface area contributed by atoms with Crippen LogP contribution in [0, 0.1) is 11.8 Å². The Kier molecular flexibility index (Phi) is 4.95. The highest BCUT2D eigenvalue weighted by Gasteiger charge is 2.17. The van der Waals surface area contributed by atoms with Gasteiger partial charge in [0.15, 0.2) is 12.6 Å². The number of aliphatic imine (C=N–C) groups is 1. The standard InChI is InChI=1S/C21H24N4O/c1-15-7-2-3-8-16(15)9-6-12-19-23-18-11-5-4-10-17(18)21(24-19)25-20-13-22-14-26-20/h2-5,7-8,10-11,14-16,20H,6,9,12-13H2,1H3,(H,23,24,25). The summed E-state index contributed by atoms with van der Waals surface area (Å²) in [6, 6.07) is 8.10. The van der Waals surface area contributed by atoms with Gasteiger partial charge in [0, 0.05) is 11.8 Å². The lowest BCUT2D eigenvalue weighted by molar-refractivity contribution is 0.264. The molecule has 0 fully saturated rings. The van der Waals surface area contributed by atoms with Crippen molar-refractivity contribution in [2.75, 3.05) is 11.9 Å². The molecule has 0 saturated heterocycles. The van der Waals surface area contributed by atoms with Gasteiger partial charge in [0.25, 0.3) is 0 Å². The molecule has 26 heavy (non-hydrogen) atoms. The number of hydrogen-bond donors (Lipinski definition) is 1. The molecule has 134 valence electrons. The fourth-order valence-corrected chi connectivity index (χ4v) is 3.50. The highest BCUT2D eigenvalue weighted by Crippen LogP contribution is 2.25. The van der Waals surface area contributed by atoms with E-state index in [9.17, 15) is 0 Å². The molecule has 3 atom stereocenters. The number of allylic oxidation sites excluding steroid dienone is 4. The van der Waals surface area contributed by atoms with Crippen LogP contribution in [0.1, 0.15) is 25.6 Å². The first-order valence-electron chi connectivity index (χ1n) is 9.30. The van der Waals surface area contributed by atoms with Crippen LogP contribution < -0.4 is 5.32 Å². The molecule has 1 aliphatic carbocycles. The van der Waals surface area contributed by atoms with Crippen LogP contribution in [-0.4, -0.2) is 29.1 Å². The fourth-order valence-electron chi connectivity index (χ4n) is 3.50. The van der Waals surface area contributed by atoms with Crippen molar-refractivity contribution < 1.29 is 4.74 Å². The van der Waals surface area contributed by atoms with E-state index in [0.717, 1.165) is 41.8 Å². The minimum Gasteiger partial charge on any atom is -0.459 e. The summed E-state index contributed by atoms with van der Waals surface area (Å²) in [5.41, 5.74) is 0.966. The number of anilines is 1. The molecule has 2 heterocycles. The number of ether oxygens (including phenoxy) is 1. The van der Waals surface area contributed by atoms with E-state index in [0.29, 0.717) is 18.4 Å². The third-order valence-corrected chi connectivity index (χ3v) is 5.02. The van der Waals surface area contributed by atoms with E-state index in [1.54, 1.807) is 0 Å². The molecule has 4 rings (SSSR count). The molecule has 1 aromatic carbocycles. The molecule has 5 heteroatoms. The predicted molar refractivity (Wildman–Crippen MR) is 105 cm³/mol. The van der Waals surface area contributed by atoms with Crippen LogP contribution in [-0.2, 0) is 11.2 Å². The van der Waals surface area contributed by atoms with Crippen LogP contribution in [0.3, 0.4) is 0 Å². The van der Waals surface area contributed by atoms with Gasteiger partial charge >= 0.3 is 0 Å². The third-order valence-electron chi connectivity index (χ3n) is 5.02. The maximum atomic E-state index is 5.44. The van der Waals surface area contributed by atoms with Gasteiger partial charge in [-0.05, 0) is 36.8 Å². The molecule has 1 N–H and O–H groups in total. The summed E-state index contributed by atoms with van der Waals surface area (Å²) in [7, 11) is 0. The Hall–Kier alpha value is -2.69. The molecule has 1 aromatic heterocycles. The second-order valence-corrected chi connectivity index (χ2v) is 6.93. The maximum Gasteiger partial charge on any atom is 0.192 e. The zero-order valence-electron chi connectivity index (χ0n) is 15.0. The molecule has 5 nitrogen and oxygen atoms in total. The molecule has 3 unspecified atom stereocenters. The average molecular weight is 348 g/mol. The summed E-state index contributed by atoms with van der Waals surface area (Å²) >= 11 is 0. The summed E-state index contributed by atoms with van der Waals surface area (Å²) in [5.74, 6) is 2.93. The zero-order valence-corrected chi connectivity index (χ0v) is 15.0. The minimum atomic E-state index is -0.152. The van der Waals surface area contributed by atoms with Crippen molar-refractivity contribution in [2.24, 2.45) is 16.8 Å². The summed E-state index contributed by atoms with van der Waals surface area (Å²) in [4.78, 5) is 13.6. The number of rotatable bonds is 6. The number of aromatic nitrogens is 2. The van der Waals surface area contributed by atoms with Gasteiger partial charge in [0.05, 0.1) is 12.1 Å². The van der Waals surface area contributed by atoms with Crippen LogP contribution in [0.4, 0.5) is 5.82 Å². The van der Waals surface area contributed by atoms with Gasteiger partial charge in [-0.1, -0.05) is 43.4 Å². The van der Waals surface area contributed by atoms with E-state index in [1.165, 1.54) is 6.40 Å². The smallest absolute Gasteiger partial charge is 0.192 e. The number of hydrogen-bond acceptors (Lipinski definition) is 5. The van der Waals surface area contributed by atoms with Crippen molar-refractivity contribution >= 4 is 23.1 Å². The van der Waals surface area contributed by atoms with E-state index in [4.69, 9.17) is 14.7 Å². The Bertz CT molecular complexity index is 850.